The molecule has 3 rings (SSSR count). The largest absolute Gasteiger partial charge is 0.478 e. The molecular weight excluding hydrogens is 324 g/mol. The van der Waals surface area contributed by atoms with Gasteiger partial charge in [-0.25, -0.2) is 14.3 Å². The van der Waals surface area contributed by atoms with E-state index in [9.17, 15) is 9.59 Å². The highest BCUT2D eigenvalue weighted by Gasteiger charge is 2.32. The minimum atomic E-state index is -0.995. The van der Waals surface area contributed by atoms with Crippen molar-refractivity contribution in [3.63, 3.8) is 0 Å². The van der Waals surface area contributed by atoms with E-state index in [1.807, 2.05) is 20.8 Å². The zero-order valence-corrected chi connectivity index (χ0v) is 14.6. The van der Waals surface area contributed by atoms with Gasteiger partial charge in [0, 0.05) is 6.54 Å². The molecule has 25 heavy (non-hydrogen) atoms. The maximum Gasteiger partial charge on any atom is 0.410 e. The van der Waals surface area contributed by atoms with Gasteiger partial charge in [-0.2, -0.15) is 0 Å². The standard InChI is InChI=1S/C17H22N4O4/c1-17(2,3)25-16(24)20-8-4-5-12(20)10-21-14-9-11(15(22)23)6-7-13(14)18-19-21/h6-7,9,12H,4-5,8,10H2,1-3H3,(H,22,23). The normalized spacial score (nSPS) is 17.9. The van der Waals surface area contributed by atoms with Crippen LogP contribution >= 0.6 is 0 Å². The van der Waals surface area contributed by atoms with Crippen molar-refractivity contribution in [1.29, 1.82) is 0 Å². The minimum absolute atomic E-state index is 0.0479. The first kappa shape index (κ1) is 17.2. The fourth-order valence-corrected chi connectivity index (χ4v) is 3.02. The minimum Gasteiger partial charge on any atom is -0.478 e. The highest BCUT2D eigenvalue weighted by molar-refractivity contribution is 5.92. The van der Waals surface area contributed by atoms with Crippen LogP contribution in [-0.4, -0.2) is 55.3 Å². The van der Waals surface area contributed by atoms with Gasteiger partial charge in [0.05, 0.1) is 23.7 Å². The Hall–Kier alpha value is -2.64. The van der Waals surface area contributed by atoms with Gasteiger partial charge in [0.15, 0.2) is 0 Å². The first-order chi connectivity index (χ1) is 11.7. The number of hydrogen-bond acceptors (Lipinski definition) is 5. The topological polar surface area (TPSA) is 97.5 Å². The van der Waals surface area contributed by atoms with E-state index in [0.717, 1.165) is 12.8 Å². The molecule has 134 valence electrons. The Morgan fingerprint density at radius 3 is 2.80 bits per heavy atom. The van der Waals surface area contributed by atoms with Crippen LogP contribution < -0.4 is 0 Å². The lowest BCUT2D eigenvalue weighted by atomic mass is 10.2. The number of nitrogens with zero attached hydrogens (tertiary/aromatic N) is 4. The molecule has 0 bridgehead atoms. The summed E-state index contributed by atoms with van der Waals surface area (Å²) in [7, 11) is 0. The number of carboxylic acid groups (broad SMARTS) is 1. The number of carbonyl (C=O) groups is 2. The van der Waals surface area contributed by atoms with Crippen LogP contribution in [-0.2, 0) is 11.3 Å². The molecule has 1 aromatic carbocycles. The summed E-state index contributed by atoms with van der Waals surface area (Å²) >= 11 is 0. The third kappa shape index (κ3) is 3.72. The van der Waals surface area contributed by atoms with E-state index in [2.05, 4.69) is 10.3 Å². The van der Waals surface area contributed by atoms with Gasteiger partial charge in [-0.1, -0.05) is 5.21 Å². The number of ether oxygens (including phenoxy) is 1. The first-order valence-electron chi connectivity index (χ1n) is 8.31. The van der Waals surface area contributed by atoms with Gasteiger partial charge in [0.2, 0.25) is 0 Å². The molecule has 0 radical (unpaired) electrons. The van der Waals surface area contributed by atoms with Crippen molar-refractivity contribution < 1.29 is 19.4 Å². The summed E-state index contributed by atoms with van der Waals surface area (Å²) in [5.41, 5.74) is 0.926. The summed E-state index contributed by atoms with van der Waals surface area (Å²) in [6.45, 7) is 6.63. The van der Waals surface area contributed by atoms with E-state index in [-0.39, 0.29) is 17.7 Å². The van der Waals surface area contributed by atoms with Crippen molar-refractivity contribution in [2.45, 2.75) is 51.8 Å². The molecule has 0 aliphatic carbocycles. The van der Waals surface area contributed by atoms with E-state index in [1.54, 1.807) is 21.7 Å². The Balaban J connectivity index is 1.81. The molecule has 0 saturated carbocycles. The number of hydrogen-bond donors (Lipinski definition) is 1. The molecule has 1 amide bonds. The summed E-state index contributed by atoms with van der Waals surface area (Å²) in [5, 5.41) is 17.4. The summed E-state index contributed by atoms with van der Waals surface area (Å²) < 4.78 is 7.13. The molecule has 1 aliphatic heterocycles. The molecule has 1 unspecified atom stereocenters. The van der Waals surface area contributed by atoms with E-state index in [0.29, 0.717) is 24.1 Å². The number of rotatable bonds is 3. The number of aromatic carboxylic acids is 1. The third-order valence-corrected chi connectivity index (χ3v) is 4.15. The molecule has 1 aliphatic rings. The fourth-order valence-electron chi connectivity index (χ4n) is 3.02. The van der Waals surface area contributed by atoms with Crippen molar-refractivity contribution in [1.82, 2.24) is 19.9 Å². The number of aromatic nitrogens is 3. The van der Waals surface area contributed by atoms with E-state index in [4.69, 9.17) is 9.84 Å². The van der Waals surface area contributed by atoms with Gasteiger partial charge in [0.25, 0.3) is 0 Å². The lowest BCUT2D eigenvalue weighted by Gasteiger charge is -2.28. The van der Waals surface area contributed by atoms with Crippen molar-refractivity contribution in [2.24, 2.45) is 0 Å². The van der Waals surface area contributed by atoms with Crippen LogP contribution in [0.3, 0.4) is 0 Å². The molecule has 2 aromatic rings. The number of fused-ring (bicyclic) bond motifs is 1. The molecule has 2 heterocycles. The average molecular weight is 346 g/mol. The summed E-state index contributed by atoms with van der Waals surface area (Å²) in [6.07, 6.45) is 1.42. The Morgan fingerprint density at radius 2 is 2.12 bits per heavy atom. The third-order valence-electron chi connectivity index (χ3n) is 4.15. The van der Waals surface area contributed by atoms with Crippen LogP contribution in [0.5, 0.6) is 0 Å². The number of carbonyl (C=O) groups excluding carboxylic acids is 1. The average Bonchev–Trinajstić information content (AvgIpc) is 3.13. The van der Waals surface area contributed by atoms with Crippen molar-refractivity contribution in [3.8, 4) is 0 Å². The molecule has 1 fully saturated rings. The highest BCUT2D eigenvalue weighted by Crippen LogP contribution is 2.23. The van der Waals surface area contributed by atoms with Crippen LogP contribution in [0.1, 0.15) is 44.0 Å². The summed E-state index contributed by atoms with van der Waals surface area (Å²) in [5.74, 6) is -0.995. The predicted molar refractivity (Wildman–Crippen MR) is 90.4 cm³/mol. The maximum absolute atomic E-state index is 12.4. The SMILES string of the molecule is CC(C)(C)OC(=O)N1CCCC1Cn1nnc2ccc(C(=O)O)cc21. The van der Waals surface area contributed by atoms with E-state index < -0.39 is 11.6 Å². The molecule has 1 saturated heterocycles. The summed E-state index contributed by atoms with van der Waals surface area (Å²) in [4.78, 5) is 25.3. The van der Waals surface area contributed by atoms with E-state index >= 15 is 0 Å². The van der Waals surface area contributed by atoms with Crippen LogP contribution in [0.4, 0.5) is 4.79 Å². The van der Waals surface area contributed by atoms with Crippen LogP contribution in [0.15, 0.2) is 18.2 Å². The lowest BCUT2D eigenvalue weighted by molar-refractivity contribution is 0.0212. The fraction of sp³-hybridized carbons (Fsp3) is 0.529. The summed E-state index contributed by atoms with van der Waals surface area (Å²) in [6, 6.07) is 4.66. The van der Waals surface area contributed by atoms with Crippen molar-refractivity contribution in [2.75, 3.05) is 6.54 Å². The Kier molecular flexibility index (Phi) is 4.36. The number of amides is 1. The second-order valence-electron chi connectivity index (χ2n) is 7.25. The Morgan fingerprint density at radius 1 is 1.36 bits per heavy atom. The second-order valence-corrected chi connectivity index (χ2v) is 7.25. The number of likely N-dealkylation sites (tertiary alicyclic amines) is 1. The van der Waals surface area contributed by atoms with Crippen LogP contribution in [0, 0.1) is 0 Å². The van der Waals surface area contributed by atoms with Gasteiger partial charge in [0.1, 0.15) is 11.1 Å². The first-order valence-corrected chi connectivity index (χ1v) is 8.31. The lowest BCUT2D eigenvalue weighted by Crippen LogP contribution is -2.41. The van der Waals surface area contributed by atoms with Crippen molar-refractivity contribution in [3.05, 3.63) is 23.8 Å². The van der Waals surface area contributed by atoms with Gasteiger partial charge in [-0.3, -0.25) is 0 Å². The zero-order chi connectivity index (χ0) is 18.2. The van der Waals surface area contributed by atoms with Crippen LogP contribution in [0.25, 0.3) is 11.0 Å². The quantitative estimate of drug-likeness (QED) is 0.917. The number of carboxylic acids is 1. The van der Waals surface area contributed by atoms with E-state index in [1.165, 1.54) is 6.07 Å². The molecule has 1 N–H and O–H groups in total. The maximum atomic E-state index is 12.4. The molecular formula is C17H22N4O4. The zero-order valence-electron chi connectivity index (χ0n) is 14.6. The molecule has 1 aromatic heterocycles. The number of benzene rings is 1. The highest BCUT2D eigenvalue weighted by atomic mass is 16.6. The monoisotopic (exact) mass is 346 g/mol. The molecule has 1 atom stereocenters. The van der Waals surface area contributed by atoms with Crippen molar-refractivity contribution >= 4 is 23.1 Å². The Bertz CT molecular complexity index is 809. The Labute approximate surface area is 145 Å². The molecule has 8 heteroatoms. The molecule has 8 nitrogen and oxygen atoms in total. The molecule has 0 spiro atoms. The predicted octanol–water partition coefficient (Wildman–Crippen LogP) is 2.53. The van der Waals surface area contributed by atoms with Gasteiger partial charge in [-0.15, -0.1) is 5.10 Å². The second kappa shape index (κ2) is 6.34. The van der Waals surface area contributed by atoms with Crippen LogP contribution in [0.2, 0.25) is 0 Å². The smallest absolute Gasteiger partial charge is 0.410 e. The van der Waals surface area contributed by atoms with Gasteiger partial charge < -0.3 is 14.7 Å². The van der Waals surface area contributed by atoms with Gasteiger partial charge >= 0.3 is 12.1 Å². The van der Waals surface area contributed by atoms with Gasteiger partial charge in [-0.05, 0) is 51.8 Å².